The van der Waals surface area contributed by atoms with Gasteiger partial charge in [0.15, 0.2) is 5.95 Å². The van der Waals surface area contributed by atoms with E-state index < -0.39 is 0 Å². The Bertz CT molecular complexity index is 422. The number of halogens is 1. The predicted octanol–water partition coefficient (Wildman–Crippen LogP) is 0.975. The van der Waals surface area contributed by atoms with Crippen LogP contribution in [0.25, 0.3) is 5.65 Å². The van der Waals surface area contributed by atoms with Gasteiger partial charge in [-0.25, -0.2) is 4.98 Å². The van der Waals surface area contributed by atoms with E-state index in [1.807, 2.05) is 0 Å². The first-order valence-electron chi connectivity index (χ1n) is 4.14. The third kappa shape index (κ3) is 1.40. The van der Waals surface area contributed by atoms with Gasteiger partial charge in [-0.3, -0.25) is 4.40 Å². The smallest absolute Gasteiger partial charge is 0.199 e. The summed E-state index contributed by atoms with van der Waals surface area (Å²) in [6.07, 6.45) is 2.36. The van der Waals surface area contributed by atoms with Crippen LogP contribution in [0, 0.1) is 5.95 Å². The summed E-state index contributed by atoms with van der Waals surface area (Å²) < 4.78 is 14.6. The summed E-state index contributed by atoms with van der Waals surface area (Å²) in [6.45, 7) is 0.533. The summed E-state index contributed by atoms with van der Waals surface area (Å²) in [4.78, 5) is 4.21. The van der Waals surface area contributed by atoms with Crippen molar-refractivity contribution in [2.45, 2.75) is 6.42 Å². The van der Waals surface area contributed by atoms with Crippen molar-refractivity contribution in [1.29, 1.82) is 0 Å². The fraction of sp³-hybridized carbons (Fsp3) is 0.222. The Hall–Kier alpha value is -1.42. The van der Waals surface area contributed by atoms with Gasteiger partial charge in [0.1, 0.15) is 5.65 Å². The number of aromatic nitrogens is 2. The lowest BCUT2D eigenvalue weighted by Gasteiger charge is -1.91. The number of pyridine rings is 1. The molecule has 0 spiro atoms. The number of rotatable bonds is 2. The van der Waals surface area contributed by atoms with Crippen LogP contribution < -0.4 is 5.73 Å². The van der Waals surface area contributed by atoms with Crippen LogP contribution in [0.15, 0.2) is 24.4 Å². The van der Waals surface area contributed by atoms with Crippen LogP contribution in [0.2, 0.25) is 0 Å². The van der Waals surface area contributed by atoms with Crippen molar-refractivity contribution in [3.8, 4) is 0 Å². The lowest BCUT2D eigenvalue weighted by Crippen LogP contribution is -2.02. The standard InChI is InChI=1S/C9H10FN3/c10-8-2-1-3-9-12-7(4-5-11)6-13(8)9/h1-3,6H,4-5,11H2. The fourth-order valence-electron chi connectivity index (χ4n) is 1.30. The zero-order chi connectivity index (χ0) is 9.26. The minimum atomic E-state index is -0.298. The van der Waals surface area contributed by atoms with E-state index in [1.165, 1.54) is 10.5 Å². The van der Waals surface area contributed by atoms with Gasteiger partial charge in [-0.15, -0.1) is 0 Å². The summed E-state index contributed by atoms with van der Waals surface area (Å²) >= 11 is 0. The van der Waals surface area contributed by atoms with E-state index in [-0.39, 0.29) is 5.95 Å². The third-order valence-corrected chi connectivity index (χ3v) is 1.89. The molecular formula is C9H10FN3. The molecule has 2 N–H and O–H groups in total. The summed E-state index contributed by atoms with van der Waals surface area (Å²) in [5.41, 5.74) is 6.83. The Labute approximate surface area is 75.0 Å². The summed E-state index contributed by atoms with van der Waals surface area (Å²) in [5.74, 6) is -0.298. The zero-order valence-corrected chi connectivity index (χ0v) is 7.07. The summed E-state index contributed by atoms with van der Waals surface area (Å²) in [5, 5.41) is 0. The highest BCUT2D eigenvalue weighted by Crippen LogP contribution is 2.07. The molecule has 0 fully saturated rings. The molecule has 0 radical (unpaired) electrons. The number of hydrogen-bond acceptors (Lipinski definition) is 2. The van der Waals surface area contributed by atoms with Gasteiger partial charge in [0.05, 0.1) is 5.69 Å². The molecule has 0 aromatic carbocycles. The number of nitrogens with zero attached hydrogens (tertiary/aromatic N) is 2. The fourth-order valence-corrected chi connectivity index (χ4v) is 1.30. The molecule has 0 bridgehead atoms. The summed E-state index contributed by atoms with van der Waals surface area (Å²) in [6, 6.07) is 4.81. The molecule has 0 saturated heterocycles. The Morgan fingerprint density at radius 3 is 3.00 bits per heavy atom. The maximum Gasteiger partial charge on any atom is 0.199 e. The van der Waals surface area contributed by atoms with E-state index in [1.54, 1.807) is 18.3 Å². The van der Waals surface area contributed by atoms with Crippen molar-refractivity contribution in [2.24, 2.45) is 5.73 Å². The quantitative estimate of drug-likeness (QED) is 0.698. The van der Waals surface area contributed by atoms with E-state index in [2.05, 4.69) is 4.98 Å². The number of hydrogen-bond donors (Lipinski definition) is 1. The normalized spacial score (nSPS) is 10.9. The van der Waals surface area contributed by atoms with Gasteiger partial charge in [-0.2, -0.15) is 4.39 Å². The maximum atomic E-state index is 13.1. The molecule has 68 valence electrons. The van der Waals surface area contributed by atoms with E-state index in [4.69, 9.17) is 5.73 Å². The second-order valence-electron chi connectivity index (χ2n) is 2.85. The van der Waals surface area contributed by atoms with Crippen LogP contribution in [0.4, 0.5) is 4.39 Å². The highest BCUT2D eigenvalue weighted by Gasteiger charge is 2.02. The van der Waals surface area contributed by atoms with E-state index in [9.17, 15) is 4.39 Å². The maximum absolute atomic E-state index is 13.1. The van der Waals surface area contributed by atoms with Crippen LogP contribution in [-0.2, 0) is 6.42 Å². The van der Waals surface area contributed by atoms with Crippen LogP contribution >= 0.6 is 0 Å². The molecular weight excluding hydrogens is 169 g/mol. The van der Waals surface area contributed by atoms with Gasteiger partial charge in [0.2, 0.25) is 0 Å². The molecule has 0 unspecified atom stereocenters. The van der Waals surface area contributed by atoms with Gasteiger partial charge in [-0.1, -0.05) is 6.07 Å². The Kier molecular flexibility index (Phi) is 1.98. The second-order valence-corrected chi connectivity index (χ2v) is 2.85. The lowest BCUT2D eigenvalue weighted by atomic mass is 10.3. The van der Waals surface area contributed by atoms with Crippen molar-refractivity contribution in [3.05, 3.63) is 36.0 Å². The highest BCUT2D eigenvalue weighted by molar-refractivity contribution is 5.39. The Morgan fingerprint density at radius 1 is 1.46 bits per heavy atom. The molecule has 0 saturated carbocycles. The van der Waals surface area contributed by atoms with E-state index >= 15 is 0 Å². The molecule has 0 aliphatic heterocycles. The molecule has 0 atom stereocenters. The molecule has 0 aliphatic rings. The van der Waals surface area contributed by atoms with Crippen molar-refractivity contribution >= 4 is 5.65 Å². The largest absolute Gasteiger partial charge is 0.330 e. The summed E-state index contributed by atoms with van der Waals surface area (Å²) in [7, 11) is 0. The minimum Gasteiger partial charge on any atom is -0.330 e. The number of fused-ring (bicyclic) bond motifs is 1. The monoisotopic (exact) mass is 179 g/mol. The lowest BCUT2D eigenvalue weighted by molar-refractivity contribution is 0.567. The van der Waals surface area contributed by atoms with E-state index in [0.29, 0.717) is 18.6 Å². The van der Waals surface area contributed by atoms with Crippen molar-refractivity contribution in [3.63, 3.8) is 0 Å². The topological polar surface area (TPSA) is 43.3 Å². The molecule has 2 aromatic rings. The van der Waals surface area contributed by atoms with Crippen LogP contribution in [0.5, 0.6) is 0 Å². The van der Waals surface area contributed by atoms with E-state index in [0.717, 1.165) is 5.69 Å². The molecule has 13 heavy (non-hydrogen) atoms. The SMILES string of the molecule is NCCc1cn2c(F)cccc2n1. The van der Waals surface area contributed by atoms with Crippen LogP contribution in [0.1, 0.15) is 5.69 Å². The number of imidazole rings is 1. The molecule has 2 heterocycles. The molecule has 2 aromatic heterocycles. The van der Waals surface area contributed by atoms with Crippen LogP contribution in [0.3, 0.4) is 0 Å². The van der Waals surface area contributed by atoms with Crippen molar-refractivity contribution in [2.75, 3.05) is 6.54 Å². The first-order valence-corrected chi connectivity index (χ1v) is 4.14. The van der Waals surface area contributed by atoms with Gasteiger partial charge in [0.25, 0.3) is 0 Å². The molecule has 0 amide bonds. The van der Waals surface area contributed by atoms with Crippen molar-refractivity contribution < 1.29 is 4.39 Å². The van der Waals surface area contributed by atoms with Gasteiger partial charge >= 0.3 is 0 Å². The molecule has 0 aliphatic carbocycles. The Morgan fingerprint density at radius 2 is 2.31 bits per heavy atom. The zero-order valence-electron chi connectivity index (χ0n) is 7.07. The second kappa shape index (κ2) is 3.14. The van der Waals surface area contributed by atoms with Gasteiger partial charge < -0.3 is 5.73 Å². The Balaban J connectivity index is 2.55. The van der Waals surface area contributed by atoms with Gasteiger partial charge in [-0.05, 0) is 18.7 Å². The predicted molar refractivity (Wildman–Crippen MR) is 47.9 cm³/mol. The molecule has 4 heteroatoms. The minimum absolute atomic E-state index is 0.298. The molecule has 2 rings (SSSR count). The average molecular weight is 179 g/mol. The third-order valence-electron chi connectivity index (χ3n) is 1.89. The first kappa shape index (κ1) is 8.19. The molecule has 3 nitrogen and oxygen atoms in total. The number of nitrogens with two attached hydrogens (primary N) is 1. The van der Waals surface area contributed by atoms with Crippen LogP contribution in [-0.4, -0.2) is 15.9 Å². The van der Waals surface area contributed by atoms with Gasteiger partial charge in [0, 0.05) is 12.6 Å². The highest BCUT2D eigenvalue weighted by atomic mass is 19.1. The first-order chi connectivity index (χ1) is 6.31. The average Bonchev–Trinajstić information content (AvgIpc) is 2.49. The van der Waals surface area contributed by atoms with Crippen molar-refractivity contribution in [1.82, 2.24) is 9.38 Å².